The van der Waals surface area contributed by atoms with E-state index < -0.39 is 24.3 Å². The summed E-state index contributed by atoms with van der Waals surface area (Å²) in [4.78, 5) is 25.1. The van der Waals surface area contributed by atoms with Crippen LogP contribution in [0, 0.1) is 0 Å². The van der Waals surface area contributed by atoms with E-state index in [0.717, 1.165) is 11.0 Å². The van der Waals surface area contributed by atoms with E-state index in [9.17, 15) is 9.59 Å². The molecule has 0 aliphatic carbocycles. The molecule has 0 unspecified atom stereocenters. The molecule has 1 aliphatic rings. The van der Waals surface area contributed by atoms with Crippen molar-refractivity contribution in [2.24, 2.45) is 0 Å². The molecule has 2 aromatic rings. The van der Waals surface area contributed by atoms with E-state index in [4.69, 9.17) is 14.0 Å². The summed E-state index contributed by atoms with van der Waals surface area (Å²) < 4.78 is 19.2. The minimum absolute atomic E-state index is 0.0461. The molecular formula is C21H28BNO5. The predicted octanol–water partition coefficient (Wildman–Crippen LogP) is 3.06. The molecule has 0 spiro atoms. The fourth-order valence-corrected chi connectivity index (χ4v) is 3.27. The fourth-order valence-electron chi connectivity index (χ4n) is 3.27. The molecule has 28 heavy (non-hydrogen) atoms. The van der Waals surface area contributed by atoms with Crippen LogP contribution in [-0.2, 0) is 14.0 Å². The smallest absolute Gasteiger partial charge is 0.462 e. The first-order chi connectivity index (χ1) is 13.0. The molecule has 3 rings (SSSR count). The maximum atomic E-state index is 12.9. The molecule has 7 heteroatoms. The van der Waals surface area contributed by atoms with Crippen LogP contribution in [0.25, 0.3) is 10.9 Å². The van der Waals surface area contributed by atoms with Crippen molar-refractivity contribution in [2.75, 3.05) is 6.61 Å². The van der Waals surface area contributed by atoms with E-state index in [0.29, 0.717) is 5.39 Å². The molecular weight excluding hydrogens is 357 g/mol. The Labute approximate surface area is 165 Å². The standard InChI is InChI=1S/C21H28BNO5/c1-8-26-19(25)16-12-23(13(2)3)17-11-14(9-10-15(17)18(16)24)22-27-20(4,5)21(6,7)28-22/h9-13H,8H2,1-7H3. The van der Waals surface area contributed by atoms with Gasteiger partial charge in [-0.2, -0.15) is 0 Å². The van der Waals surface area contributed by atoms with Gasteiger partial charge in [-0.25, -0.2) is 4.79 Å². The summed E-state index contributed by atoms with van der Waals surface area (Å²) in [5, 5.41) is 0.472. The van der Waals surface area contributed by atoms with E-state index in [1.165, 1.54) is 0 Å². The van der Waals surface area contributed by atoms with E-state index in [-0.39, 0.29) is 23.6 Å². The molecule has 1 aromatic carbocycles. The Hall–Kier alpha value is -2.12. The number of fused-ring (bicyclic) bond motifs is 1. The normalized spacial score (nSPS) is 18.1. The molecule has 1 saturated heterocycles. The summed E-state index contributed by atoms with van der Waals surface area (Å²) in [7, 11) is -0.519. The molecule has 0 saturated carbocycles. The Morgan fingerprint density at radius 2 is 1.79 bits per heavy atom. The first-order valence-electron chi connectivity index (χ1n) is 9.70. The second-order valence-electron chi connectivity index (χ2n) is 8.46. The molecule has 1 aromatic heterocycles. The highest BCUT2D eigenvalue weighted by Gasteiger charge is 2.51. The molecule has 150 valence electrons. The molecule has 0 bridgehead atoms. The van der Waals surface area contributed by atoms with Gasteiger partial charge in [0.2, 0.25) is 5.43 Å². The van der Waals surface area contributed by atoms with Gasteiger partial charge in [0.15, 0.2) is 0 Å². The number of aromatic nitrogens is 1. The summed E-state index contributed by atoms with van der Waals surface area (Å²) >= 11 is 0. The lowest BCUT2D eigenvalue weighted by atomic mass is 9.78. The van der Waals surface area contributed by atoms with Crippen LogP contribution < -0.4 is 10.9 Å². The number of nitrogens with zero attached hydrogens (tertiary/aromatic N) is 1. The Morgan fingerprint density at radius 3 is 2.32 bits per heavy atom. The van der Waals surface area contributed by atoms with Gasteiger partial charge in [0.05, 0.1) is 23.3 Å². The molecule has 1 aliphatic heterocycles. The third-order valence-corrected chi connectivity index (χ3v) is 5.63. The molecule has 0 amide bonds. The Morgan fingerprint density at radius 1 is 1.18 bits per heavy atom. The number of benzene rings is 1. The van der Waals surface area contributed by atoms with Gasteiger partial charge in [0.1, 0.15) is 5.56 Å². The SMILES string of the molecule is CCOC(=O)c1cn(C(C)C)c2cc(B3OC(C)(C)C(C)(C)O3)ccc2c1=O. The number of pyridine rings is 1. The Bertz CT molecular complexity index is 961. The zero-order valence-electron chi connectivity index (χ0n) is 17.7. The van der Waals surface area contributed by atoms with Crippen molar-refractivity contribution in [1.29, 1.82) is 0 Å². The van der Waals surface area contributed by atoms with Crippen molar-refractivity contribution in [3.63, 3.8) is 0 Å². The fraction of sp³-hybridized carbons (Fsp3) is 0.524. The number of ether oxygens (including phenoxy) is 1. The van der Waals surface area contributed by atoms with Crippen LogP contribution in [0.4, 0.5) is 0 Å². The second kappa shape index (κ2) is 7.05. The number of rotatable bonds is 4. The van der Waals surface area contributed by atoms with Gasteiger partial charge >= 0.3 is 13.1 Å². The van der Waals surface area contributed by atoms with Crippen LogP contribution in [0.3, 0.4) is 0 Å². The molecule has 1 fully saturated rings. The average Bonchev–Trinajstić information content (AvgIpc) is 2.82. The number of carbonyl (C=O) groups excluding carboxylic acids is 1. The minimum Gasteiger partial charge on any atom is -0.462 e. The largest absolute Gasteiger partial charge is 0.494 e. The second-order valence-corrected chi connectivity index (χ2v) is 8.46. The molecule has 0 N–H and O–H groups in total. The molecule has 0 atom stereocenters. The number of esters is 1. The van der Waals surface area contributed by atoms with Gasteiger partial charge in [-0.3, -0.25) is 4.79 Å². The van der Waals surface area contributed by atoms with Crippen LogP contribution in [0.15, 0.2) is 29.2 Å². The van der Waals surface area contributed by atoms with Gasteiger partial charge in [-0.05, 0) is 66.1 Å². The van der Waals surface area contributed by atoms with Crippen LogP contribution >= 0.6 is 0 Å². The quantitative estimate of drug-likeness (QED) is 0.598. The van der Waals surface area contributed by atoms with Gasteiger partial charge in [0, 0.05) is 17.6 Å². The Balaban J connectivity index is 2.15. The van der Waals surface area contributed by atoms with E-state index in [1.807, 2.05) is 58.2 Å². The zero-order valence-corrected chi connectivity index (χ0v) is 17.7. The first-order valence-corrected chi connectivity index (χ1v) is 9.70. The lowest BCUT2D eigenvalue weighted by molar-refractivity contribution is 0.00578. The van der Waals surface area contributed by atoms with E-state index in [2.05, 4.69) is 0 Å². The van der Waals surface area contributed by atoms with E-state index in [1.54, 1.807) is 19.2 Å². The summed E-state index contributed by atoms with van der Waals surface area (Å²) in [6.45, 7) is 14.0. The van der Waals surface area contributed by atoms with Crippen molar-refractivity contribution in [3.8, 4) is 0 Å². The summed E-state index contributed by atoms with van der Waals surface area (Å²) in [6, 6.07) is 5.52. The number of hydrogen-bond donors (Lipinski definition) is 0. The van der Waals surface area contributed by atoms with E-state index >= 15 is 0 Å². The predicted molar refractivity (Wildman–Crippen MR) is 110 cm³/mol. The molecule has 6 nitrogen and oxygen atoms in total. The molecule has 2 heterocycles. The first kappa shape index (κ1) is 20.6. The lowest BCUT2D eigenvalue weighted by Gasteiger charge is -2.32. The number of hydrogen-bond acceptors (Lipinski definition) is 5. The third kappa shape index (κ3) is 3.37. The Kier molecular flexibility index (Phi) is 5.19. The maximum absolute atomic E-state index is 12.9. The summed E-state index contributed by atoms with van der Waals surface area (Å²) in [5.41, 5.74) is 0.400. The monoisotopic (exact) mass is 385 g/mol. The van der Waals surface area contributed by atoms with Crippen molar-refractivity contribution in [2.45, 2.75) is 65.7 Å². The number of carbonyl (C=O) groups is 1. The van der Waals surface area contributed by atoms with Crippen molar-refractivity contribution in [1.82, 2.24) is 4.57 Å². The lowest BCUT2D eigenvalue weighted by Crippen LogP contribution is -2.41. The highest BCUT2D eigenvalue weighted by Crippen LogP contribution is 2.36. The molecule has 0 radical (unpaired) electrons. The maximum Gasteiger partial charge on any atom is 0.494 e. The van der Waals surface area contributed by atoms with Crippen LogP contribution in [-0.4, -0.2) is 35.5 Å². The minimum atomic E-state index is -0.598. The average molecular weight is 385 g/mol. The van der Waals surface area contributed by atoms with Gasteiger partial charge in [-0.1, -0.05) is 6.07 Å². The topological polar surface area (TPSA) is 66.8 Å². The van der Waals surface area contributed by atoms with Gasteiger partial charge < -0.3 is 18.6 Å². The van der Waals surface area contributed by atoms with Crippen molar-refractivity contribution in [3.05, 3.63) is 40.2 Å². The van der Waals surface area contributed by atoms with Crippen molar-refractivity contribution >= 4 is 29.5 Å². The van der Waals surface area contributed by atoms with Gasteiger partial charge in [-0.15, -0.1) is 0 Å². The van der Waals surface area contributed by atoms with Crippen molar-refractivity contribution < 1.29 is 18.8 Å². The van der Waals surface area contributed by atoms with Crippen LogP contribution in [0.1, 0.15) is 64.9 Å². The third-order valence-electron chi connectivity index (χ3n) is 5.63. The van der Waals surface area contributed by atoms with Crippen LogP contribution in [0.5, 0.6) is 0 Å². The summed E-state index contributed by atoms with van der Waals surface area (Å²) in [6.07, 6.45) is 1.58. The summed E-state index contributed by atoms with van der Waals surface area (Å²) in [5.74, 6) is -0.598. The highest BCUT2D eigenvalue weighted by molar-refractivity contribution is 6.62. The van der Waals surface area contributed by atoms with Gasteiger partial charge in [0.25, 0.3) is 0 Å². The van der Waals surface area contributed by atoms with Crippen LogP contribution in [0.2, 0.25) is 0 Å². The zero-order chi connectivity index (χ0) is 20.9. The highest BCUT2D eigenvalue weighted by atomic mass is 16.7.